The summed E-state index contributed by atoms with van der Waals surface area (Å²) in [5.41, 5.74) is -1.24. The summed E-state index contributed by atoms with van der Waals surface area (Å²) in [4.78, 5) is 3.17. The molecule has 158 valence electrons. The molecule has 5 N–H and O–H groups in total. The fourth-order valence-electron chi connectivity index (χ4n) is 2.63. The number of para-hydroxylation sites is 1. The fourth-order valence-corrected chi connectivity index (χ4v) is 2.63. The summed E-state index contributed by atoms with van der Waals surface area (Å²) in [5, 5.41) is 12.8. The van der Waals surface area contributed by atoms with E-state index in [1.165, 1.54) is 12.1 Å². The number of nitrogens with two attached hydrogens (primary N) is 1. The average Bonchev–Trinajstić information content (AvgIpc) is 2.61. The van der Waals surface area contributed by atoms with Crippen molar-refractivity contribution in [3.8, 4) is 0 Å². The molecule has 1 unspecified atom stereocenters. The number of rotatable bonds is 6. The molecule has 0 saturated carbocycles. The summed E-state index contributed by atoms with van der Waals surface area (Å²) in [6.45, 7) is 4.94. The Kier molecular flexibility index (Phi) is 6.43. The standard InChI is InChI=1S/C18H18F6N4O/c1-9(2)6-15(28-25)26-8-13(29)11-7-14(18(22,23)24)27-16-10(11)4-3-5-12(16)17(19,20)21/h3-7,13,26,28-29H,1,8,25H2,2H3/b15-6-. The number of nitrogens with zero attached hydrogens (tertiary/aromatic N) is 1. The predicted octanol–water partition coefficient (Wildman–Crippen LogP) is 3.78. The van der Waals surface area contributed by atoms with Gasteiger partial charge in [0.1, 0.15) is 11.5 Å². The van der Waals surface area contributed by atoms with Crippen LogP contribution in [0.5, 0.6) is 0 Å². The fraction of sp³-hybridized carbons (Fsp3) is 0.278. The largest absolute Gasteiger partial charge is 0.433 e. The van der Waals surface area contributed by atoms with Gasteiger partial charge in [0.15, 0.2) is 0 Å². The lowest BCUT2D eigenvalue weighted by Crippen LogP contribution is -2.34. The SMILES string of the molecule is C=C(C)/C=C(\NN)NCC(O)c1cc(C(F)(F)F)nc2c(C(F)(F)F)cccc12. The maximum atomic E-state index is 13.3. The number of aromatic nitrogens is 1. The number of pyridine rings is 1. The van der Waals surface area contributed by atoms with Gasteiger partial charge in [0.2, 0.25) is 0 Å². The molecule has 0 aliphatic rings. The minimum Gasteiger partial charge on any atom is -0.387 e. The zero-order valence-electron chi connectivity index (χ0n) is 15.1. The van der Waals surface area contributed by atoms with Gasteiger partial charge in [-0.2, -0.15) is 26.3 Å². The van der Waals surface area contributed by atoms with E-state index >= 15 is 0 Å². The molecule has 1 atom stereocenters. The minimum atomic E-state index is -5.00. The number of hydrazine groups is 1. The van der Waals surface area contributed by atoms with Crippen molar-refractivity contribution in [1.29, 1.82) is 0 Å². The number of halogens is 6. The van der Waals surface area contributed by atoms with Crippen molar-refractivity contribution in [2.45, 2.75) is 25.4 Å². The Labute approximate surface area is 161 Å². The first-order valence-electron chi connectivity index (χ1n) is 8.18. The molecule has 11 heteroatoms. The molecular weight excluding hydrogens is 402 g/mol. The highest BCUT2D eigenvalue weighted by Gasteiger charge is 2.37. The molecule has 1 aromatic carbocycles. The Morgan fingerprint density at radius 2 is 1.90 bits per heavy atom. The first-order chi connectivity index (χ1) is 13.3. The third-order valence-electron chi connectivity index (χ3n) is 3.86. The highest BCUT2D eigenvalue weighted by Crippen LogP contribution is 2.38. The molecule has 0 fully saturated rings. The molecule has 0 aliphatic carbocycles. The molecule has 0 radical (unpaired) electrons. The van der Waals surface area contributed by atoms with E-state index in [-0.39, 0.29) is 23.3 Å². The average molecular weight is 420 g/mol. The van der Waals surface area contributed by atoms with E-state index in [0.717, 1.165) is 6.07 Å². The summed E-state index contributed by atoms with van der Waals surface area (Å²) in [7, 11) is 0. The van der Waals surface area contributed by atoms with Crippen LogP contribution in [0.25, 0.3) is 10.9 Å². The van der Waals surface area contributed by atoms with E-state index in [4.69, 9.17) is 5.84 Å². The second-order valence-electron chi connectivity index (χ2n) is 6.24. The van der Waals surface area contributed by atoms with E-state index in [1.807, 2.05) is 0 Å². The summed E-state index contributed by atoms with van der Waals surface area (Å²) in [5.74, 6) is 5.51. The van der Waals surface area contributed by atoms with Crippen LogP contribution in [0.15, 0.2) is 48.3 Å². The van der Waals surface area contributed by atoms with Crippen molar-refractivity contribution in [2.75, 3.05) is 6.54 Å². The molecule has 0 saturated heterocycles. The maximum absolute atomic E-state index is 13.3. The summed E-state index contributed by atoms with van der Waals surface area (Å²) < 4.78 is 79.4. The van der Waals surface area contributed by atoms with Gasteiger partial charge in [0.25, 0.3) is 0 Å². The van der Waals surface area contributed by atoms with Crippen LogP contribution in [-0.4, -0.2) is 16.6 Å². The molecule has 29 heavy (non-hydrogen) atoms. The first-order valence-corrected chi connectivity index (χ1v) is 8.18. The zero-order chi connectivity index (χ0) is 22.0. The van der Waals surface area contributed by atoms with Crippen molar-refractivity contribution in [1.82, 2.24) is 15.7 Å². The van der Waals surface area contributed by atoms with Gasteiger partial charge in [0.05, 0.1) is 17.2 Å². The quantitative estimate of drug-likeness (QED) is 0.248. The van der Waals surface area contributed by atoms with Crippen LogP contribution in [0.2, 0.25) is 0 Å². The number of benzene rings is 1. The number of hydrogen-bond donors (Lipinski definition) is 4. The molecule has 1 heterocycles. The van der Waals surface area contributed by atoms with Crippen LogP contribution < -0.4 is 16.6 Å². The van der Waals surface area contributed by atoms with Gasteiger partial charge in [-0.05, 0) is 30.7 Å². The minimum absolute atomic E-state index is 0.210. The van der Waals surface area contributed by atoms with E-state index in [1.54, 1.807) is 6.92 Å². The molecule has 5 nitrogen and oxygen atoms in total. The zero-order valence-corrected chi connectivity index (χ0v) is 15.1. The van der Waals surface area contributed by atoms with Gasteiger partial charge >= 0.3 is 12.4 Å². The summed E-state index contributed by atoms with van der Waals surface area (Å²) in [6, 6.07) is 3.38. The van der Waals surface area contributed by atoms with Crippen LogP contribution in [-0.2, 0) is 12.4 Å². The second kappa shape index (κ2) is 8.29. The van der Waals surface area contributed by atoms with Crippen molar-refractivity contribution < 1.29 is 31.4 Å². The van der Waals surface area contributed by atoms with Gasteiger partial charge in [-0.25, -0.2) is 10.8 Å². The van der Waals surface area contributed by atoms with E-state index in [0.29, 0.717) is 17.7 Å². The number of allylic oxidation sites excluding steroid dienone is 2. The monoisotopic (exact) mass is 420 g/mol. The molecule has 0 amide bonds. The van der Waals surface area contributed by atoms with Crippen molar-refractivity contribution in [2.24, 2.45) is 5.84 Å². The van der Waals surface area contributed by atoms with E-state index in [2.05, 4.69) is 22.3 Å². The maximum Gasteiger partial charge on any atom is 0.433 e. The molecule has 0 aliphatic heterocycles. The predicted molar refractivity (Wildman–Crippen MR) is 94.9 cm³/mol. The van der Waals surface area contributed by atoms with Gasteiger partial charge in [-0.15, -0.1) is 0 Å². The number of nitrogens with one attached hydrogen (secondary N) is 2. The Bertz CT molecular complexity index is 936. The Balaban J connectivity index is 2.58. The Hall–Kier alpha value is -2.79. The summed E-state index contributed by atoms with van der Waals surface area (Å²) >= 11 is 0. The van der Waals surface area contributed by atoms with Crippen molar-refractivity contribution in [3.05, 3.63) is 65.1 Å². The van der Waals surface area contributed by atoms with Gasteiger partial charge in [-0.1, -0.05) is 24.3 Å². The van der Waals surface area contributed by atoms with Crippen LogP contribution in [0, 0.1) is 0 Å². The lowest BCUT2D eigenvalue weighted by atomic mass is 9.99. The number of hydrogen-bond acceptors (Lipinski definition) is 5. The van der Waals surface area contributed by atoms with Crippen LogP contribution in [0.3, 0.4) is 0 Å². The van der Waals surface area contributed by atoms with E-state index in [9.17, 15) is 31.4 Å². The Morgan fingerprint density at radius 1 is 1.24 bits per heavy atom. The molecule has 1 aromatic heterocycles. The molecule has 2 rings (SSSR count). The highest BCUT2D eigenvalue weighted by atomic mass is 19.4. The topological polar surface area (TPSA) is 83.2 Å². The lowest BCUT2D eigenvalue weighted by Gasteiger charge is -2.20. The third-order valence-corrected chi connectivity index (χ3v) is 3.86. The Morgan fingerprint density at radius 3 is 2.41 bits per heavy atom. The van der Waals surface area contributed by atoms with Crippen molar-refractivity contribution in [3.63, 3.8) is 0 Å². The lowest BCUT2D eigenvalue weighted by molar-refractivity contribution is -0.142. The number of fused-ring (bicyclic) bond motifs is 1. The molecule has 0 bridgehead atoms. The second-order valence-corrected chi connectivity index (χ2v) is 6.24. The first kappa shape index (κ1) is 22.5. The molecule has 0 spiro atoms. The van der Waals surface area contributed by atoms with Crippen LogP contribution in [0.1, 0.15) is 29.8 Å². The van der Waals surface area contributed by atoms with E-state index < -0.39 is 35.2 Å². The van der Waals surface area contributed by atoms with Gasteiger partial charge in [-0.3, -0.25) is 0 Å². The summed E-state index contributed by atoms with van der Waals surface area (Å²) in [6.07, 6.45) is -10.0. The van der Waals surface area contributed by atoms with Crippen LogP contribution in [0.4, 0.5) is 26.3 Å². The van der Waals surface area contributed by atoms with Crippen molar-refractivity contribution >= 4 is 10.9 Å². The molecular formula is C18H18F6N4O. The van der Waals surface area contributed by atoms with Crippen LogP contribution >= 0.6 is 0 Å². The number of aliphatic hydroxyl groups is 1. The number of alkyl halides is 6. The highest BCUT2D eigenvalue weighted by molar-refractivity contribution is 5.86. The normalized spacial score (nSPS) is 14.0. The van der Waals surface area contributed by atoms with Gasteiger partial charge in [0, 0.05) is 11.9 Å². The smallest absolute Gasteiger partial charge is 0.387 e. The third kappa shape index (κ3) is 5.39. The molecule has 2 aromatic rings. The van der Waals surface area contributed by atoms with Gasteiger partial charge < -0.3 is 15.8 Å². The number of aliphatic hydroxyl groups excluding tert-OH is 1.